The molecule has 0 aliphatic carbocycles. The number of hydrogen-bond donors (Lipinski definition) is 1. The molecule has 0 radical (unpaired) electrons. The van der Waals surface area contributed by atoms with Gasteiger partial charge in [-0.3, -0.25) is 4.79 Å². The van der Waals surface area contributed by atoms with Crippen LogP contribution in [0.3, 0.4) is 0 Å². The van der Waals surface area contributed by atoms with Crippen molar-refractivity contribution in [2.24, 2.45) is 0 Å². The first kappa shape index (κ1) is 23.4. The lowest BCUT2D eigenvalue weighted by Crippen LogP contribution is -2.29. The van der Waals surface area contributed by atoms with Crippen LogP contribution >= 0.6 is 11.6 Å². The maximum absolute atomic E-state index is 12.4. The van der Waals surface area contributed by atoms with Gasteiger partial charge in [0.1, 0.15) is 5.76 Å². The molecule has 1 atom stereocenters. The van der Waals surface area contributed by atoms with Crippen molar-refractivity contribution < 1.29 is 23.8 Å². The van der Waals surface area contributed by atoms with Gasteiger partial charge in [0.05, 0.1) is 31.2 Å². The number of nitrogens with one attached hydrogen (secondary N) is 1. The van der Waals surface area contributed by atoms with E-state index in [1.807, 2.05) is 55.5 Å². The molecule has 1 unspecified atom stereocenters. The average Bonchev–Trinajstić information content (AvgIpc) is 2.76. The molecule has 32 heavy (non-hydrogen) atoms. The van der Waals surface area contributed by atoms with E-state index in [1.54, 1.807) is 19.9 Å². The Labute approximate surface area is 192 Å². The lowest BCUT2D eigenvalue weighted by atomic mass is 9.81. The SMILES string of the molecule is CCOC(=O)CC1=C(OC(=O)OCC)C(c2cccc(Cl)c2)C(c2ccccc2)=C(C)N1. The van der Waals surface area contributed by atoms with Gasteiger partial charge in [0, 0.05) is 10.7 Å². The molecule has 1 aliphatic heterocycles. The predicted octanol–water partition coefficient (Wildman–Crippen LogP) is 5.80. The van der Waals surface area contributed by atoms with Crippen molar-refractivity contribution in [1.82, 2.24) is 5.32 Å². The molecule has 0 fully saturated rings. The van der Waals surface area contributed by atoms with E-state index in [-0.39, 0.29) is 25.4 Å². The Morgan fingerprint density at radius 1 is 1.00 bits per heavy atom. The summed E-state index contributed by atoms with van der Waals surface area (Å²) in [7, 11) is 0. The Bertz CT molecular complexity index is 1050. The number of ether oxygens (including phenoxy) is 3. The molecule has 0 amide bonds. The van der Waals surface area contributed by atoms with E-state index in [0.29, 0.717) is 10.7 Å². The topological polar surface area (TPSA) is 73.9 Å². The summed E-state index contributed by atoms with van der Waals surface area (Å²) in [6.07, 6.45) is -0.927. The molecule has 0 saturated carbocycles. The molecule has 0 saturated heterocycles. The normalized spacial score (nSPS) is 15.8. The number of benzene rings is 2. The van der Waals surface area contributed by atoms with Crippen LogP contribution in [0.5, 0.6) is 0 Å². The lowest BCUT2D eigenvalue weighted by Gasteiger charge is -2.32. The number of carbonyl (C=O) groups is 2. The Hall–Kier alpha value is -3.25. The highest BCUT2D eigenvalue weighted by atomic mass is 35.5. The molecule has 6 nitrogen and oxygen atoms in total. The predicted molar refractivity (Wildman–Crippen MR) is 123 cm³/mol. The number of halogens is 1. The summed E-state index contributed by atoms with van der Waals surface area (Å²) in [4.78, 5) is 24.7. The van der Waals surface area contributed by atoms with Crippen molar-refractivity contribution in [1.29, 1.82) is 0 Å². The molecule has 0 spiro atoms. The highest BCUT2D eigenvalue weighted by molar-refractivity contribution is 6.30. The lowest BCUT2D eigenvalue weighted by molar-refractivity contribution is -0.142. The van der Waals surface area contributed by atoms with Crippen LogP contribution in [0.4, 0.5) is 4.79 Å². The van der Waals surface area contributed by atoms with Crippen molar-refractivity contribution in [3.8, 4) is 0 Å². The van der Waals surface area contributed by atoms with Crippen molar-refractivity contribution in [2.45, 2.75) is 33.1 Å². The molecular weight excluding hydrogens is 430 g/mol. The maximum Gasteiger partial charge on any atom is 0.513 e. The standard InChI is InChI=1S/C25H26ClNO5/c1-4-30-21(28)15-20-24(32-25(29)31-5-2)23(18-12-9-13-19(26)14-18)22(16(3)27-20)17-10-7-6-8-11-17/h6-14,23,27H,4-5,15H2,1-3H3. The number of dihydropyridines is 1. The zero-order valence-corrected chi connectivity index (χ0v) is 19.1. The van der Waals surface area contributed by atoms with E-state index in [9.17, 15) is 9.59 Å². The highest BCUT2D eigenvalue weighted by Crippen LogP contribution is 2.44. The summed E-state index contributed by atoms with van der Waals surface area (Å²) in [6, 6.07) is 17.1. The van der Waals surface area contributed by atoms with E-state index in [2.05, 4.69) is 5.32 Å². The van der Waals surface area contributed by atoms with Gasteiger partial charge in [0.2, 0.25) is 0 Å². The first-order chi connectivity index (χ1) is 15.4. The number of allylic oxidation sites excluding steroid dienone is 2. The molecule has 2 aromatic carbocycles. The van der Waals surface area contributed by atoms with Crippen LogP contribution in [0.15, 0.2) is 71.8 Å². The van der Waals surface area contributed by atoms with Crippen molar-refractivity contribution in [3.63, 3.8) is 0 Å². The Balaban J connectivity index is 2.19. The van der Waals surface area contributed by atoms with Gasteiger partial charge in [-0.1, -0.05) is 54.1 Å². The van der Waals surface area contributed by atoms with E-state index < -0.39 is 18.0 Å². The second kappa shape index (κ2) is 10.9. The van der Waals surface area contributed by atoms with Crippen LogP contribution in [-0.2, 0) is 19.0 Å². The molecule has 1 aliphatic rings. The minimum atomic E-state index is -0.843. The number of carbonyl (C=O) groups excluding carboxylic acids is 2. The van der Waals surface area contributed by atoms with E-state index >= 15 is 0 Å². The van der Waals surface area contributed by atoms with Crippen molar-refractivity contribution in [3.05, 3.63) is 87.9 Å². The van der Waals surface area contributed by atoms with Crippen LogP contribution in [0.2, 0.25) is 5.02 Å². The third kappa shape index (κ3) is 5.51. The zero-order valence-electron chi connectivity index (χ0n) is 18.3. The van der Waals surface area contributed by atoms with Crippen LogP contribution in [0, 0.1) is 0 Å². The Morgan fingerprint density at radius 3 is 2.38 bits per heavy atom. The Morgan fingerprint density at radius 2 is 1.72 bits per heavy atom. The third-order valence-corrected chi connectivity index (χ3v) is 5.17. The van der Waals surface area contributed by atoms with Gasteiger partial charge in [-0.25, -0.2) is 4.79 Å². The second-order valence-corrected chi connectivity index (χ2v) is 7.56. The molecule has 2 aromatic rings. The molecule has 168 valence electrons. The highest BCUT2D eigenvalue weighted by Gasteiger charge is 2.35. The van der Waals surface area contributed by atoms with Crippen molar-refractivity contribution >= 4 is 29.3 Å². The molecule has 1 N–H and O–H groups in total. The van der Waals surface area contributed by atoms with E-state index in [4.69, 9.17) is 25.8 Å². The summed E-state index contributed by atoms with van der Waals surface area (Å²) in [5, 5.41) is 3.81. The molecule has 3 rings (SSSR count). The smallest absolute Gasteiger partial charge is 0.466 e. The van der Waals surface area contributed by atoms with Crippen molar-refractivity contribution in [2.75, 3.05) is 13.2 Å². The summed E-state index contributed by atoms with van der Waals surface area (Å²) in [5.41, 5.74) is 3.94. The fourth-order valence-electron chi connectivity index (χ4n) is 3.73. The van der Waals surface area contributed by atoms with E-state index in [0.717, 1.165) is 22.4 Å². The largest absolute Gasteiger partial charge is 0.513 e. The van der Waals surface area contributed by atoms with Crippen LogP contribution < -0.4 is 5.32 Å². The van der Waals surface area contributed by atoms with Gasteiger partial charge in [-0.05, 0) is 49.6 Å². The Kier molecular flexibility index (Phi) is 7.95. The number of hydrogen-bond acceptors (Lipinski definition) is 6. The minimum Gasteiger partial charge on any atom is -0.466 e. The van der Waals surface area contributed by atoms with Gasteiger partial charge in [0.25, 0.3) is 0 Å². The zero-order chi connectivity index (χ0) is 23.1. The summed E-state index contributed by atoms with van der Waals surface area (Å²) in [6.45, 7) is 5.77. The van der Waals surface area contributed by atoms with Crippen LogP contribution in [-0.4, -0.2) is 25.3 Å². The first-order valence-electron chi connectivity index (χ1n) is 10.5. The van der Waals surface area contributed by atoms with Crippen LogP contribution in [0.25, 0.3) is 5.57 Å². The minimum absolute atomic E-state index is 0.0843. The second-order valence-electron chi connectivity index (χ2n) is 7.13. The van der Waals surface area contributed by atoms with E-state index in [1.165, 1.54) is 0 Å². The first-order valence-corrected chi connectivity index (χ1v) is 10.8. The van der Waals surface area contributed by atoms with Gasteiger partial charge < -0.3 is 19.5 Å². The molecule has 7 heteroatoms. The molecular formula is C25H26ClNO5. The summed E-state index contributed by atoms with van der Waals surface area (Å²) in [5.74, 6) is -0.643. The summed E-state index contributed by atoms with van der Waals surface area (Å²) >= 11 is 6.31. The molecule has 1 heterocycles. The molecule has 0 aromatic heterocycles. The fraction of sp³-hybridized carbons (Fsp3) is 0.280. The average molecular weight is 456 g/mol. The van der Waals surface area contributed by atoms with Gasteiger partial charge in [-0.15, -0.1) is 0 Å². The molecule has 0 bridgehead atoms. The monoisotopic (exact) mass is 455 g/mol. The number of esters is 1. The quantitative estimate of drug-likeness (QED) is 0.532. The maximum atomic E-state index is 12.4. The number of rotatable bonds is 7. The van der Waals surface area contributed by atoms with Gasteiger partial charge >= 0.3 is 12.1 Å². The fourth-order valence-corrected chi connectivity index (χ4v) is 3.93. The van der Waals surface area contributed by atoms with Gasteiger partial charge in [-0.2, -0.15) is 0 Å². The van der Waals surface area contributed by atoms with Gasteiger partial charge in [0.15, 0.2) is 0 Å². The summed E-state index contributed by atoms with van der Waals surface area (Å²) < 4.78 is 15.9. The third-order valence-electron chi connectivity index (χ3n) is 4.94. The van der Waals surface area contributed by atoms with Crippen LogP contribution in [0.1, 0.15) is 44.2 Å².